The standard InChI is InChI=1S/C26H32BN3O4/c1-25(2)16-13-20(25)26(3)21(14-16)33-27(34-26)22-9-6-12-30(22)23(31)15-29-24(32)18-10-11-28-19-8-5-4-7-17(18)19/h4-5,7-8,10-11,16,20-22H,6,9,12-15H2,1-3H3,(H,29,32)/t16?,20?,21-,22+,26+/m1/s1. The number of amides is 2. The fourth-order valence-electron chi connectivity index (χ4n) is 7.09. The van der Waals surface area contributed by atoms with Gasteiger partial charge in [-0.1, -0.05) is 32.0 Å². The molecule has 8 heteroatoms. The second-order valence-electron chi connectivity index (χ2n) is 11.2. The summed E-state index contributed by atoms with van der Waals surface area (Å²) in [5, 5.41) is 3.60. The average Bonchev–Trinajstić information content (AvgIpc) is 3.45. The van der Waals surface area contributed by atoms with Crippen LogP contribution in [-0.4, -0.2) is 59.6 Å². The van der Waals surface area contributed by atoms with Gasteiger partial charge in [-0.2, -0.15) is 0 Å². The van der Waals surface area contributed by atoms with Gasteiger partial charge in [0.15, 0.2) is 0 Å². The Balaban J connectivity index is 1.12. The average molecular weight is 461 g/mol. The van der Waals surface area contributed by atoms with Gasteiger partial charge in [0.25, 0.3) is 5.91 Å². The van der Waals surface area contributed by atoms with E-state index in [4.69, 9.17) is 9.31 Å². The van der Waals surface area contributed by atoms with Gasteiger partial charge in [-0.25, -0.2) is 0 Å². The van der Waals surface area contributed by atoms with E-state index < -0.39 is 7.12 Å². The number of nitrogens with one attached hydrogen (secondary N) is 1. The Morgan fingerprint density at radius 3 is 2.85 bits per heavy atom. The Morgan fingerprint density at radius 2 is 2.03 bits per heavy atom. The van der Waals surface area contributed by atoms with E-state index in [0.29, 0.717) is 23.9 Å². The van der Waals surface area contributed by atoms with Crippen molar-refractivity contribution in [3.8, 4) is 0 Å². The molecule has 3 heterocycles. The topological polar surface area (TPSA) is 80.8 Å². The molecule has 2 aromatic rings. The third-order valence-corrected chi connectivity index (χ3v) is 9.20. The van der Waals surface area contributed by atoms with Crippen LogP contribution < -0.4 is 5.32 Å². The monoisotopic (exact) mass is 461 g/mol. The number of hydrogen-bond donors (Lipinski definition) is 1. The van der Waals surface area contributed by atoms with E-state index in [2.05, 4.69) is 31.1 Å². The van der Waals surface area contributed by atoms with Crippen LogP contribution in [0.25, 0.3) is 10.9 Å². The molecule has 3 saturated carbocycles. The summed E-state index contributed by atoms with van der Waals surface area (Å²) in [7, 11) is -0.392. The molecule has 5 aliphatic rings. The molecule has 1 aromatic carbocycles. The van der Waals surface area contributed by atoms with Gasteiger partial charge in [0, 0.05) is 18.1 Å². The first-order chi connectivity index (χ1) is 16.3. The van der Waals surface area contributed by atoms with E-state index in [-0.39, 0.29) is 41.4 Å². The maximum atomic E-state index is 13.2. The molecule has 7 rings (SSSR count). The number of pyridine rings is 1. The second kappa shape index (κ2) is 7.78. The third-order valence-electron chi connectivity index (χ3n) is 9.20. The zero-order valence-electron chi connectivity index (χ0n) is 20.1. The van der Waals surface area contributed by atoms with Crippen LogP contribution in [0.2, 0.25) is 0 Å². The number of aromatic nitrogens is 1. The summed E-state index contributed by atoms with van der Waals surface area (Å²) in [6, 6.07) is 9.20. The minimum Gasteiger partial charge on any atom is -0.404 e. The molecule has 5 fully saturated rings. The second-order valence-corrected chi connectivity index (χ2v) is 11.2. The lowest BCUT2D eigenvalue weighted by molar-refractivity contribution is -0.199. The predicted molar refractivity (Wildman–Crippen MR) is 129 cm³/mol. The molecule has 1 aromatic heterocycles. The SMILES string of the molecule is CC1(C)C2CC1[C@]1(C)OB([C@@H]3CCCN3C(=O)CNC(=O)c3ccnc4ccccc34)O[C@@H]1C2. The van der Waals surface area contributed by atoms with Crippen LogP contribution in [0, 0.1) is 17.3 Å². The van der Waals surface area contributed by atoms with Gasteiger partial charge in [-0.15, -0.1) is 0 Å². The third kappa shape index (κ3) is 3.22. The summed E-state index contributed by atoms with van der Waals surface area (Å²) in [4.78, 5) is 32.2. The Kier molecular flexibility index (Phi) is 5.05. The summed E-state index contributed by atoms with van der Waals surface area (Å²) in [6.45, 7) is 7.53. The summed E-state index contributed by atoms with van der Waals surface area (Å²) < 4.78 is 13.1. The number of carbonyl (C=O) groups is 2. The van der Waals surface area contributed by atoms with E-state index in [1.165, 1.54) is 6.42 Å². The maximum Gasteiger partial charge on any atom is 0.481 e. The molecule has 5 atom stereocenters. The largest absolute Gasteiger partial charge is 0.481 e. The minimum absolute atomic E-state index is 0.0445. The summed E-state index contributed by atoms with van der Waals surface area (Å²) in [6.07, 6.45) is 5.75. The molecule has 178 valence electrons. The molecule has 2 unspecified atom stereocenters. The summed E-state index contributed by atoms with van der Waals surface area (Å²) >= 11 is 0. The molecule has 2 bridgehead atoms. The highest BCUT2D eigenvalue weighted by Crippen LogP contribution is 2.65. The molecule has 34 heavy (non-hydrogen) atoms. The molecule has 2 amide bonds. The molecular weight excluding hydrogens is 429 g/mol. The van der Waals surface area contributed by atoms with Crippen molar-refractivity contribution in [3.05, 3.63) is 42.1 Å². The number of carbonyl (C=O) groups excluding carboxylic acids is 2. The van der Waals surface area contributed by atoms with Crippen molar-refractivity contribution >= 4 is 29.8 Å². The lowest BCUT2D eigenvalue weighted by atomic mass is 9.43. The number of fused-ring (bicyclic) bond motifs is 1. The summed E-state index contributed by atoms with van der Waals surface area (Å²) in [5.74, 6) is 0.726. The molecule has 1 N–H and O–H groups in total. The van der Waals surface area contributed by atoms with Crippen LogP contribution in [0.1, 0.15) is 56.8 Å². The quantitative estimate of drug-likeness (QED) is 0.708. The van der Waals surface area contributed by atoms with E-state index in [9.17, 15) is 9.59 Å². The van der Waals surface area contributed by atoms with Crippen LogP contribution in [0.5, 0.6) is 0 Å². The van der Waals surface area contributed by atoms with Crippen LogP contribution in [0.4, 0.5) is 0 Å². The first-order valence-electron chi connectivity index (χ1n) is 12.5. The lowest BCUT2D eigenvalue weighted by Crippen LogP contribution is -2.65. The Hall–Kier alpha value is -2.45. The number of benzene rings is 1. The normalized spacial score (nSPS) is 33.5. The van der Waals surface area contributed by atoms with Crippen molar-refractivity contribution in [1.29, 1.82) is 0 Å². The van der Waals surface area contributed by atoms with Gasteiger partial charge in [0.1, 0.15) is 0 Å². The number of likely N-dealkylation sites (tertiary alicyclic amines) is 1. The van der Waals surface area contributed by atoms with Gasteiger partial charge >= 0.3 is 7.12 Å². The number of hydrogen-bond acceptors (Lipinski definition) is 5. The van der Waals surface area contributed by atoms with E-state index in [1.54, 1.807) is 12.3 Å². The highest BCUT2D eigenvalue weighted by molar-refractivity contribution is 6.48. The predicted octanol–water partition coefficient (Wildman–Crippen LogP) is 3.22. The Morgan fingerprint density at radius 1 is 1.21 bits per heavy atom. The van der Waals surface area contributed by atoms with Crippen molar-refractivity contribution in [2.75, 3.05) is 13.1 Å². The number of nitrogens with zero attached hydrogens (tertiary/aromatic N) is 2. The first kappa shape index (κ1) is 22.0. The Labute approximate surface area is 200 Å². The smallest absolute Gasteiger partial charge is 0.404 e. The van der Waals surface area contributed by atoms with Crippen LogP contribution >= 0.6 is 0 Å². The van der Waals surface area contributed by atoms with Gasteiger partial charge in [0.2, 0.25) is 5.91 Å². The lowest BCUT2D eigenvalue weighted by Gasteiger charge is -2.64. The maximum absolute atomic E-state index is 13.2. The van der Waals surface area contributed by atoms with Crippen molar-refractivity contribution in [3.63, 3.8) is 0 Å². The molecule has 0 radical (unpaired) electrons. The van der Waals surface area contributed by atoms with E-state index >= 15 is 0 Å². The zero-order chi connectivity index (χ0) is 23.7. The number of rotatable bonds is 4. The van der Waals surface area contributed by atoms with Crippen LogP contribution in [0.15, 0.2) is 36.5 Å². The zero-order valence-corrected chi connectivity index (χ0v) is 20.1. The highest BCUT2D eigenvalue weighted by Gasteiger charge is 2.69. The minimum atomic E-state index is -0.392. The van der Waals surface area contributed by atoms with Crippen molar-refractivity contribution in [2.24, 2.45) is 17.3 Å². The van der Waals surface area contributed by atoms with Gasteiger partial charge in [0.05, 0.1) is 35.3 Å². The summed E-state index contributed by atoms with van der Waals surface area (Å²) in [5.41, 5.74) is 1.29. The van der Waals surface area contributed by atoms with Crippen LogP contribution in [-0.2, 0) is 14.1 Å². The number of para-hydroxylation sites is 1. The molecule has 0 spiro atoms. The van der Waals surface area contributed by atoms with Crippen molar-refractivity contribution in [1.82, 2.24) is 15.2 Å². The van der Waals surface area contributed by atoms with Gasteiger partial charge in [-0.3, -0.25) is 14.6 Å². The van der Waals surface area contributed by atoms with E-state index in [1.807, 2.05) is 29.2 Å². The molecule has 3 aliphatic carbocycles. The highest BCUT2D eigenvalue weighted by atomic mass is 16.7. The fraction of sp³-hybridized carbons (Fsp3) is 0.577. The van der Waals surface area contributed by atoms with Crippen molar-refractivity contribution in [2.45, 2.75) is 64.1 Å². The van der Waals surface area contributed by atoms with Gasteiger partial charge in [-0.05, 0) is 62.0 Å². The Bertz CT molecular complexity index is 1150. The molecular formula is C26H32BN3O4. The molecule has 7 nitrogen and oxygen atoms in total. The fourth-order valence-corrected chi connectivity index (χ4v) is 7.09. The van der Waals surface area contributed by atoms with Crippen molar-refractivity contribution < 1.29 is 18.9 Å². The van der Waals surface area contributed by atoms with Crippen LogP contribution in [0.3, 0.4) is 0 Å². The molecule has 2 saturated heterocycles. The molecule has 2 aliphatic heterocycles. The van der Waals surface area contributed by atoms with Gasteiger partial charge < -0.3 is 19.5 Å². The van der Waals surface area contributed by atoms with E-state index in [0.717, 1.165) is 30.2 Å². The first-order valence-corrected chi connectivity index (χ1v) is 12.5.